The number of hydrogen-bond donors (Lipinski definition) is 1. The number of rotatable bonds is 4. The van der Waals surface area contributed by atoms with Gasteiger partial charge in [-0.05, 0) is 49.5 Å². The Bertz CT molecular complexity index is 471. The van der Waals surface area contributed by atoms with Gasteiger partial charge in [-0.15, -0.1) is 0 Å². The highest BCUT2D eigenvalue weighted by Crippen LogP contribution is 2.50. The lowest BCUT2D eigenvalue weighted by Crippen LogP contribution is -2.44. The number of halogens is 3. The fraction of sp³-hybridized carbons (Fsp3) is 0.647. The molecule has 21 heavy (non-hydrogen) atoms. The minimum Gasteiger partial charge on any atom is -0.300 e. The minimum atomic E-state index is -4.26. The lowest BCUT2D eigenvalue weighted by molar-refractivity contribution is -0.160. The van der Waals surface area contributed by atoms with Crippen LogP contribution in [0.3, 0.4) is 0 Å². The first-order valence-electron chi connectivity index (χ1n) is 7.83. The quantitative estimate of drug-likeness (QED) is 0.849. The molecule has 0 radical (unpaired) electrons. The zero-order chi connectivity index (χ0) is 15.0. The van der Waals surface area contributed by atoms with E-state index in [2.05, 4.69) is 5.32 Å². The molecule has 116 valence electrons. The first-order valence-corrected chi connectivity index (χ1v) is 7.83. The lowest BCUT2D eigenvalue weighted by Gasteiger charge is -2.33. The van der Waals surface area contributed by atoms with Crippen LogP contribution in [-0.4, -0.2) is 12.2 Å². The van der Waals surface area contributed by atoms with E-state index in [9.17, 15) is 13.2 Å². The highest BCUT2D eigenvalue weighted by atomic mass is 19.4. The van der Waals surface area contributed by atoms with Crippen LogP contribution in [0.25, 0.3) is 0 Å². The van der Waals surface area contributed by atoms with Gasteiger partial charge >= 0.3 is 6.18 Å². The van der Waals surface area contributed by atoms with Crippen molar-refractivity contribution in [2.24, 2.45) is 17.8 Å². The second-order valence-electron chi connectivity index (χ2n) is 6.68. The fourth-order valence-electron chi connectivity index (χ4n) is 4.32. The van der Waals surface area contributed by atoms with Gasteiger partial charge < -0.3 is 0 Å². The zero-order valence-corrected chi connectivity index (χ0v) is 12.2. The Kier molecular flexibility index (Phi) is 4.00. The molecule has 0 amide bonds. The van der Waals surface area contributed by atoms with Crippen LogP contribution < -0.4 is 5.32 Å². The Hall–Kier alpha value is -1.03. The van der Waals surface area contributed by atoms with Crippen molar-refractivity contribution in [1.82, 2.24) is 5.32 Å². The molecule has 4 heteroatoms. The molecular weight excluding hydrogens is 275 g/mol. The molecule has 1 aromatic carbocycles. The number of alkyl halides is 3. The smallest absolute Gasteiger partial charge is 0.300 e. The Morgan fingerprint density at radius 3 is 2.33 bits per heavy atom. The third kappa shape index (κ3) is 3.10. The second kappa shape index (κ2) is 5.64. The predicted octanol–water partition coefficient (Wildman–Crippen LogP) is 4.70. The van der Waals surface area contributed by atoms with Crippen molar-refractivity contribution in [2.45, 2.75) is 50.9 Å². The fourth-order valence-corrected chi connectivity index (χ4v) is 4.32. The summed E-state index contributed by atoms with van der Waals surface area (Å²) in [5, 5.41) is 2.88. The third-order valence-corrected chi connectivity index (χ3v) is 5.32. The van der Waals surface area contributed by atoms with Gasteiger partial charge in [0.25, 0.3) is 0 Å². The average molecular weight is 297 g/mol. The molecule has 5 atom stereocenters. The van der Waals surface area contributed by atoms with Gasteiger partial charge in [0.15, 0.2) is 0 Å². The van der Waals surface area contributed by atoms with Crippen LogP contribution in [0.15, 0.2) is 30.3 Å². The average Bonchev–Trinajstić information content (AvgIpc) is 3.07. The summed E-state index contributed by atoms with van der Waals surface area (Å²) in [7, 11) is 0. The molecule has 1 aromatic rings. The van der Waals surface area contributed by atoms with Gasteiger partial charge in [-0.2, -0.15) is 13.2 Å². The van der Waals surface area contributed by atoms with Gasteiger partial charge in [0.1, 0.15) is 6.04 Å². The summed E-state index contributed by atoms with van der Waals surface area (Å²) in [5.74, 6) is 1.78. The zero-order valence-electron chi connectivity index (χ0n) is 12.2. The van der Waals surface area contributed by atoms with Crippen LogP contribution in [0.5, 0.6) is 0 Å². The summed E-state index contributed by atoms with van der Waals surface area (Å²) in [5.41, 5.74) is 0.306. The second-order valence-corrected chi connectivity index (χ2v) is 6.68. The van der Waals surface area contributed by atoms with Crippen LogP contribution in [-0.2, 0) is 0 Å². The molecule has 2 fully saturated rings. The molecule has 1 N–H and O–H groups in total. The Balaban J connectivity index is 1.73. The molecule has 0 saturated heterocycles. The SMILES string of the molecule is CC(NC(c1ccccc1)C(F)(F)F)C1CC2CCC1C2. The Morgan fingerprint density at radius 2 is 1.81 bits per heavy atom. The monoisotopic (exact) mass is 297 g/mol. The van der Waals surface area contributed by atoms with Gasteiger partial charge in [0.05, 0.1) is 0 Å². The molecule has 2 aliphatic rings. The van der Waals surface area contributed by atoms with Crippen LogP contribution in [0.1, 0.15) is 44.2 Å². The lowest BCUT2D eigenvalue weighted by atomic mass is 9.83. The van der Waals surface area contributed by atoms with Crippen LogP contribution in [0.4, 0.5) is 13.2 Å². The molecule has 0 aliphatic heterocycles. The van der Waals surface area contributed by atoms with Crippen molar-refractivity contribution in [2.75, 3.05) is 0 Å². The van der Waals surface area contributed by atoms with Crippen molar-refractivity contribution in [3.63, 3.8) is 0 Å². The van der Waals surface area contributed by atoms with E-state index in [1.54, 1.807) is 30.3 Å². The minimum absolute atomic E-state index is 0.0906. The van der Waals surface area contributed by atoms with Crippen molar-refractivity contribution in [1.29, 1.82) is 0 Å². The molecule has 0 heterocycles. The number of fused-ring (bicyclic) bond motifs is 2. The van der Waals surface area contributed by atoms with E-state index < -0.39 is 12.2 Å². The van der Waals surface area contributed by atoms with Gasteiger partial charge in [0, 0.05) is 6.04 Å². The van der Waals surface area contributed by atoms with Gasteiger partial charge in [-0.1, -0.05) is 36.8 Å². The number of hydrogen-bond acceptors (Lipinski definition) is 1. The molecule has 2 bridgehead atoms. The van der Waals surface area contributed by atoms with Crippen molar-refractivity contribution >= 4 is 0 Å². The van der Waals surface area contributed by atoms with E-state index in [-0.39, 0.29) is 6.04 Å². The van der Waals surface area contributed by atoms with Crippen LogP contribution in [0, 0.1) is 17.8 Å². The molecule has 2 saturated carbocycles. The van der Waals surface area contributed by atoms with E-state index in [4.69, 9.17) is 0 Å². The molecule has 5 unspecified atom stereocenters. The van der Waals surface area contributed by atoms with Crippen molar-refractivity contribution in [3.8, 4) is 0 Å². The maximum absolute atomic E-state index is 13.4. The summed E-state index contributed by atoms with van der Waals surface area (Å²) in [6.45, 7) is 1.92. The summed E-state index contributed by atoms with van der Waals surface area (Å²) in [4.78, 5) is 0. The summed E-state index contributed by atoms with van der Waals surface area (Å²) >= 11 is 0. The molecule has 2 aliphatic carbocycles. The predicted molar refractivity (Wildman–Crippen MR) is 76.8 cm³/mol. The topological polar surface area (TPSA) is 12.0 Å². The molecule has 0 spiro atoms. The van der Waals surface area contributed by atoms with Crippen molar-refractivity contribution < 1.29 is 13.2 Å². The third-order valence-electron chi connectivity index (χ3n) is 5.32. The summed E-state index contributed by atoms with van der Waals surface area (Å²) in [6.07, 6.45) is 0.531. The molecule has 1 nitrogen and oxygen atoms in total. The number of benzene rings is 1. The van der Waals surface area contributed by atoms with Gasteiger partial charge in [-0.25, -0.2) is 0 Å². The molecular formula is C17H22F3N. The van der Waals surface area contributed by atoms with E-state index in [1.807, 2.05) is 6.92 Å². The van der Waals surface area contributed by atoms with E-state index in [0.717, 1.165) is 12.3 Å². The Labute approximate surface area is 123 Å². The Morgan fingerprint density at radius 1 is 1.10 bits per heavy atom. The van der Waals surface area contributed by atoms with Crippen molar-refractivity contribution in [3.05, 3.63) is 35.9 Å². The standard InChI is InChI=1S/C17H22F3N/c1-11(15-10-12-7-8-14(15)9-12)21-16(17(18,19)20)13-5-3-2-4-6-13/h2-6,11-12,14-16,21H,7-10H2,1H3. The maximum Gasteiger partial charge on any atom is 0.407 e. The van der Waals surface area contributed by atoms with Crippen LogP contribution >= 0.6 is 0 Å². The first kappa shape index (κ1) is 14.9. The highest BCUT2D eigenvalue weighted by Gasteiger charge is 2.46. The normalized spacial score (nSPS) is 31.3. The number of nitrogens with one attached hydrogen (secondary N) is 1. The molecule has 0 aromatic heterocycles. The summed E-state index contributed by atoms with van der Waals surface area (Å²) in [6, 6.07) is 6.53. The highest BCUT2D eigenvalue weighted by molar-refractivity contribution is 5.20. The van der Waals surface area contributed by atoms with Gasteiger partial charge in [0.2, 0.25) is 0 Å². The summed E-state index contributed by atoms with van der Waals surface area (Å²) < 4.78 is 40.1. The van der Waals surface area contributed by atoms with Crippen LogP contribution in [0.2, 0.25) is 0 Å². The van der Waals surface area contributed by atoms with E-state index in [1.165, 1.54) is 19.3 Å². The molecule has 3 rings (SSSR count). The first-order chi connectivity index (χ1) is 9.95. The van der Waals surface area contributed by atoms with Gasteiger partial charge in [-0.3, -0.25) is 5.32 Å². The maximum atomic E-state index is 13.4. The van der Waals surface area contributed by atoms with E-state index in [0.29, 0.717) is 17.4 Å². The van der Waals surface area contributed by atoms with E-state index >= 15 is 0 Å². The largest absolute Gasteiger partial charge is 0.407 e.